The van der Waals surface area contributed by atoms with Crippen molar-refractivity contribution in [1.82, 2.24) is 9.88 Å². The van der Waals surface area contributed by atoms with E-state index in [-0.39, 0.29) is 23.2 Å². The number of halogens is 1. The van der Waals surface area contributed by atoms with Crippen LogP contribution in [0.5, 0.6) is 0 Å². The van der Waals surface area contributed by atoms with Crippen molar-refractivity contribution in [3.8, 4) is 0 Å². The molecule has 11 heteroatoms. The molecule has 0 radical (unpaired) electrons. The molecule has 3 aromatic rings. The van der Waals surface area contributed by atoms with Crippen LogP contribution in [-0.4, -0.2) is 70.7 Å². The number of carbonyl (C=O) groups is 2. The van der Waals surface area contributed by atoms with Gasteiger partial charge < -0.3 is 9.64 Å². The highest BCUT2D eigenvalue weighted by atomic mass is 35.5. The van der Waals surface area contributed by atoms with E-state index in [9.17, 15) is 18.0 Å². The van der Waals surface area contributed by atoms with Gasteiger partial charge in [0.1, 0.15) is 0 Å². The maximum Gasteiger partial charge on any atom is 0.337 e. The second-order valence-corrected chi connectivity index (χ2v) is 10.3. The number of sulfone groups is 1. The van der Waals surface area contributed by atoms with Crippen molar-refractivity contribution in [2.24, 2.45) is 0 Å². The Labute approximate surface area is 197 Å². The third kappa shape index (κ3) is 5.83. The largest absolute Gasteiger partial charge is 0.465 e. The Morgan fingerprint density at radius 2 is 1.66 bits per heavy atom. The summed E-state index contributed by atoms with van der Waals surface area (Å²) in [6.07, 6.45) is 1.15. The SMILES string of the molecule is COC(=O)c1ccc(C(=O)N(CCN(C)C)c2nc3ccc(S(C)(=O)=O)cc3s2)cc1.Cl. The van der Waals surface area contributed by atoms with Crippen molar-refractivity contribution in [2.45, 2.75) is 4.90 Å². The van der Waals surface area contributed by atoms with E-state index in [1.165, 1.54) is 24.5 Å². The highest BCUT2D eigenvalue weighted by Crippen LogP contribution is 2.31. The summed E-state index contributed by atoms with van der Waals surface area (Å²) in [5.74, 6) is -0.739. The van der Waals surface area contributed by atoms with E-state index in [2.05, 4.69) is 4.98 Å². The molecule has 0 N–H and O–H groups in total. The first-order valence-corrected chi connectivity index (χ1v) is 12.1. The van der Waals surface area contributed by atoms with Crippen LogP contribution in [0.1, 0.15) is 20.7 Å². The molecule has 0 spiro atoms. The number of benzene rings is 2. The van der Waals surface area contributed by atoms with E-state index in [1.54, 1.807) is 41.3 Å². The van der Waals surface area contributed by atoms with Crippen molar-refractivity contribution in [3.63, 3.8) is 0 Å². The average Bonchev–Trinajstić information content (AvgIpc) is 3.15. The first kappa shape index (κ1) is 25.7. The molecule has 0 aliphatic carbocycles. The van der Waals surface area contributed by atoms with Crippen LogP contribution in [0, 0.1) is 0 Å². The molecule has 8 nitrogen and oxygen atoms in total. The maximum absolute atomic E-state index is 13.3. The van der Waals surface area contributed by atoms with Crippen molar-refractivity contribution in [1.29, 1.82) is 0 Å². The summed E-state index contributed by atoms with van der Waals surface area (Å²) in [5.41, 5.74) is 1.38. The van der Waals surface area contributed by atoms with Crippen LogP contribution in [0.25, 0.3) is 10.2 Å². The number of aromatic nitrogens is 1. The normalized spacial score (nSPS) is 11.3. The van der Waals surface area contributed by atoms with Gasteiger partial charge in [0, 0.05) is 24.9 Å². The Balaban J connectivity index is 0.00000363. The molecular formula is C21H24ClN3O5S2. The molecule has 2 aromatic carbocycles. The van der Waals surface area contributed by atoms with Gasteiger partial charge in [-0.15, -0.1) is 12.4 Å². The lowest BCUT2D eigenvalue weighted by atomic mass is 10.1. The quantitative estimate of drug-likeness (QED) is 0.462. The van der Waals surface area contributed by atoms with Gasteiger partial charge in [0.2, 0.25) is 0 Å². The number of hydrogen-bond donors (Lipinski definition) is 0. The van der Waals surface area contributed by atoms with Gasteiger partial charge in [-0.1, -0.05) is 11.3 Å². The van der Waals surface area contributed by atoms with E-state index in [0.29, 0.717) is 39.6 Å². The van der Waals surface area contributed by atoms with Crippen LogP contribution in [0.2, 0.25) is 0 Å². The fourth-order valence-electron chi connectivity index (χ4n) is 2.85. The zero-order valence-corrected chi connectivity index (χ0v) is 20.5. The standard InChI is InChI=1S/C21H23N3O5S2.ClH/c1-23(2)11-12-24(19(25)14-5-7-15(8-6-14)20(26)29-3)21-22-17-10-9-16(31(4,27)28)13-18(17)30-21;/h5-10,13H,11-12H2,1-4H3;1H. The fraction of sp³-hybridized carbons (Fsp3) is 0.286. The topological polar surface area (TPSA) is 96.9 Å². The smallest absolute Gasteiger partial charge is 0.337 e. The summed E-state index contributed by atoms with van der Waals surface area (Å²) >= 11 is 1.26. The van der Waals surface area contributed by atoms with Crippen molar-refractivity contribution < 1.29 is 22.7 Å². The minimum atomic E-state index is -3.35. The van der Waals surface area contributed by atoms with Crippen LogP contribution >= 0.6 is 23.7 Å². The number of fused-ring (bicyclic) bond motifs is 1. The predicted octanol–water partition coefficient (Wildman–Crippen LogP) is 3.12. The predicted molar refractivity (Wildman–Crippen MR) is 128 cm³/mol. The van der Waals surface area contributed by atoms with Crippen LogP contribution in [-0.2, 0) is 14.6 Å². The summed E-state index contributed by atoms with van der Waals surface area (Å²) < 4.78 is 29.1. The van der Waals surface area contributed by atoms with Gasteiger partial charge >= 0.3 is 5.97 Å². The van der Waals surface area contributed by atoms with Gasteiger partial charge in [0.25, 0.3) is 5.91 Å². The lowest BCUT2D eigenvalue weighted by Crippen LogP contribution is -2.36. The monoisotopic (exact) mass is 497 g/mol. The fourth-order valence-corrected chi connectivity index (χ4v) is 4.60. The highest BCUT2D eigenvalue weighted by Gasteiger charge is 2.22. The number of amides is 1. The maximum atomic E-state index is 13.3. The number of ether oxygens (including phenoxy) is 1. The Morgan fingerprint density at radius 3 is 2.22 bits per heavy atom. The van der Waals surface area contributed by atoms with E-state index < -0.39 is 15.8 Å². The molecule has 0 unspecified atom stereocenters. The minimum Gasteiger partial charge on any atom is -0.465 e. The number of hydrogen-bond acceptors (Lipinski definition) is 8. The third-order valence-electron chi connectivity index (χ3n) is 4.58. The minimum absolute atomic E-state index is 0. The number of methoxy groups -OCH3 is 1. The molecule has 172 valence electrons. The van der Waals surface area contributed by atoms with Gasteiger partial charge in [0.05, 0.1) is 27.8 Å². The zero-order valence-electron chi connectivity index (χ0n) is 18.1. The number of esters is 1. The number of carbonyl (C=O) groups excluding carboxylic acids is 2. The second-order valence-electron chi connectivity index (χ2n) is 7.23. The summed E-state index contributed by atoms with van der Waals surface area (Å²) in [6.45, 7) is 1.000. The molecule has 1 aromatic heterocycles. The Bertz CT molecular complexity index is 1220. The second kappa shape index (κ2) is 10.4. The van der Waals surface area contributed by atoms with Gasteiger partial charge in [-0.05, 0) is 56.6 Å². The highest BCUT2D eigenvalue weighted by molar-refractivity contribution is 7.90. The van der Waals surface area contributed by atoms with Crippen LogP contribution < -0.4 is 4.90 Å². The van der Waals surface area contributed by atoms with Gasteiger partial charge in [-0.25, -0.2) is 18.2 Å². The molecule has 0 aliphatic rings. The van der Waals surface area contributed by atoms with Crippen LogP contribution in [0.4, 0.5) is 5.13 Å². The summed E-state index contributed by atoms with van der Waals surface area (Å²) in [5, 5.41) is 0.476. The molecule has 32 heavy (non-hydrogen) atoms. The average molecular weight is 498 g/mol. The molecule has 1 heterocycles. The Kier molecular flexibility index (Phi) is 8.35. The Morgan fingerprint density at radius 1 is 1.03 bits per heavy atom. The number of anilines is 1. The van der Waals surface area contributed by atoms with E-state index >= 15 is 0 Å². The summed E-state index contributed by atoms with van der Waals surface area (Å²) in [6, 6.07) is 11.0. The van der Waals surface area contributed by atoms with Crippen LogP contribution in [0.3, 0.4) is 0 Å². The molecule has 0 atom stereocenters. The third-order valence-corrected chi connectivity index (χ3v) is 6.73. The molecule has 0 aliphatic heterocycles. The van der Waals surface area contributed by atoms with Crippen LogP contribution in [0.15, 0.2) is 47.4 Å². The number of thiazole rings is 1. The number of likely N-dealkylation sites (N-methyl/N-ethyl adjacent to an activating group) is 1. The molecule has 3 rings (SSSR count). The molecule has 0 bridgehead atoms. The zero-order chi connectivity index (χ0) is 22.8. The lowest BCUT2D eigenvalue weighted by Gasteiger charge is -2.22. The van der Waals surface area contributed by atoms with Crippen molar-refractivity contribution in [3.05, 3.63) is 53.6 Å². The molecule has 1 amide bonds. The van der Waals surface area contributed by atoms with E-state index in [0.717, 1.165) is 6.26 Å². The van der Waals surface area contributed by atoms with E-state index in [1.807, 2.05) is 19.0 Å². The lowest BCUT2D eigenvalue weighted by molar-refractivity contribution is 0.0600. The van der Waals surface area contributed by atoms with Gasteiger partial charge in [0.15, 0.2) is 15.0 Å². The molecule has 0 fully saturated rings. The molecule has 0 saturated heterocycles. The first-order chi connectivity index (χ1) is 14.6. The van der Waals surface area contributed by atoms with Crippen molar-refractivity contribution in [2.75, 3.05) is 45.5 Å². The molecule has 0 saturated carbocycles. The number of rotatable bonds is 7. The van der Waals surface area contributed by atoms with E-state index in [4.69, 9.17) is 4.74 Å². The Hall–Kier alpha value is -2.53. The van der Waals surface area contributed by atoms with Crippen molar-refractivity contribution >= 4 is 60.8 Å². The number of nitrogens with zero attached hydrogens (tertiary/aromatic N) is 3. The molecular weight excluding hydrogens is 474 g/mol. The van der Waals surface area contributed by atoms with Gasteiger partial charge in [-0.3, -0.25) is 9.69 Å². The first-order valence-electron chi connectivity index (χ1n) is 9.36. The summed E-state index contributed by atoms with van der Waals surface area (Å²) in [4.78, 5) is 33.2. The van der Waals surface area contributed by atoms with Gasteiger partial charge in [-0.2, -0.15) is 0 Å². The summed E-state index contributed by atoms with van der Waals surface area (Å²) in [7, 11) is 1.77.